The van der Waals surface area contributed by atoms with Crippen LogP contribution in [-0.4, -0.2) is 44.1 Å². The Bertz CT molecular complexity index is 541. The Hall–Kier alpha value is -1.14. The van der Waals surface area contributed by atoms with E-state index in [1.54, 1.807) is 12.3 Å². The van der Waals surface area contributed by atoms with E-state index in [0.717, 1.165) is 12.8 Å². The lowest BCUT2D eigenvalue weighted by Gasteiger charge is -2.21. The van der Waals surface area contributed by atoms with Crippen molar-refractivity contribution >= 4 is 35.2 Å². The molecule has 0 spiro atoms. The van der Waals surface area contributed by atoms with E-state index >= 15 is 0 Å². The van der Waals surface area contributed by atoms with Crippen molar-refractivity contribution in [1.82, 2.24) is 9.47 Å². The molecule has 1 unspecified atom stereocenters. The minimum atomic E-state index is -0.950. The van der Waals surface area contributed by atoms with Crippen molar-refractivity contribution in [3.05, 3.63) is 23.0 Å². The van der Waals surface area contributed by atoms with Crippen LogP contribution < -0.4 is 0 Å². The molecule has 3 rings (SSSR count). The number of amides is 1. The fourth-order valence-electron chi connectivity index (χ4n) is 2.27. The summed E-state index contributed by atoms with van der Waals surface area (Å²) in [6.07, 6.45) is 3.84. The number of carboxylic acids is 1. The van der Waals surface area contributed by atoms with Crippen LogP contribution >= 0.6 is 23.4 Å². The number of rotatable bonds is 3. The Morgan fingerprint density at radius 3 is 2.79 bits per heavy atom. The molecule has 2 fully saturated rings. The fourth-order valence-corrected chi connectivity index (χ4v) is 3.62. The number of thioether (sulfide) groups is 1. The number of hydrogen-bond donors (Lipinski definition) is 1. The summed E-state index contributed by atoms with van der Waals surface area (Å²) in [5.41, 5.74) is 0.501. The van der Waals surface area contributed by atoms with Gasteiger partial charge in [0.2, 0.25) is 0 Å². The molecule has 1 saturated heterocycles. The monoisotopic (exact) mass is 300 g/mol. The third-order valence-electron chi connectivity index (χ3n) is 3.40. The molecule has 1 aliphatic carbocycles. The third-order valence-corrected chi connectivity index (χ3v) is 4.62. The topological polar surface area (TPSA) is 62.5 Å². The molecule has 19 heavy (non-hydrogen) atoms. The van der Waals surface area contributed by atoms with E-state index in [2.05, 4.69) is 0 Å². The van der Waals surface area contributed by atoms with Gasteiger partial charge < -0.3 is 14.6 Å². The zero-order chi connectivity index (χ0) is 13.6. The molecule has 1 atom stereocenters. The third kappa shape index (κ3) is 2.34. The Labute approximate surface area is 119 Å². The van der Waals surface area contributed by atoms with Gasteiger partial charge in [0.25, 0.3) is 5.91 Å². The highest BCUT2D eigenvalue weighted by Crippen LogP contribution is 2.38. The molecule has 2 aliphatic rings. The Kier molecular flexibility index (Phi) is 3.22. The first-order valence-corrected chi connectivity index (χ1v) is 7.60. The summed E-state index contributed by atoms with van der Waals surface area (Å²) >= 11 is 7.43. The van der Waals surface area contributed by atoms with Crippen LogP contribution in [0.2, 0.25) is 5.02 Å². The van der Waals surface area contributed by atoms with Crippen LogP contribution in [0.25, 0.3) is 0 Å². The summed E-state index contributed by atoms with van der Waals surface area (Å²) in [4.78, 5) is 25.1. The highest BCUT2D eigenvalue weighted by atomic mass is 35.5. The summed E-state index contributed by atoms with van der Waals surface area (Å²) in [5.74, 6) is -0.326. The van der Waals surface area contributed by atoms with Crippen molar-refractivity contribution in [3.63, 3.8) is 0 Å². The molecule has 1 aromatic heterocycles. The first-order valence-electron chi connectivity index (χ1n) is 6.07. The maximum Gasteiger partial charge on any atom is 0.327 e. The van der Waals surface area contributed by atoms with Crippen molar-refractivity contribution in [1.29, 1.82) is 0 Å². The van der Waals surface area contributed by atoms with E-state index in [-0.39, 0.29) is 5.91 Å². The second-order valence-corrected chi connectivity index (χ2v) is 6.25. The van der Waals surface area contributed by atoms with Crippen molar-refractivity contribution in [3.8, 4) is 0 Å². The molecule has 1 saturated carbocycles. The SMILES string of the molecule is O=C(O)C1CSCN1C(=O)c1cc(Cl)cn1C1CC1. The average molecular weight is 301 g/mol. The van der Waals surface area contributed by atoms with Crippen molar-refractivity contribution in [2.75, 3.05) is 11.6 Å². The van der Waals surface area contributed by atoms with Crippen LogP contribution in [0.3, 0.4) is 0 Å². The lowest BCUT2D eigenvalue weighted by molar-refractivity contribution is -0.140. The van der Waals surface area contributed by atoms with E-state index in [1.165, 1.54) is 16.7 Å². The van der Waals surface area contributed by atoms with Gasteiger partial charge in [0.15, 0.2) is 0 Å². The molecule has 1 N–H and O–H groups in total. The molecule has 7 heteroatoms. The largest absolute Gasteiger partial charge is 0.480 e. The van der Waals surface area contributed by atoms with Crippen molar-refractivity contribution < 1.29 is 14.7 Å². The Morgan fingerprint density at radius 2 is 2.16 bits per heavy atom. The van der Waals surface area contributed by atoms with Gasteiger partial charge in [0.05, 0.1) is 10.9 Å². The fraction of sp³-hybridized carbons (Fsp3) is 0.500. The number of carbonyl (C=O) groups is 2. The number of nitrogens with zero attached hydrogens (tertiary/aromatic N) is 2. The number of halogens is 1. The van der Waals surface area contributed by atoms with Crippen LogP contribution in [-0.2, 0) is 4.79 Å². The van der Waals surface area contributed by atoms with Gasteiger partial charge in [0.1, 0.15) is 11.7 Å². The molecule has 1 amide bonds. The van der Waals surface area contributed by atoms with Gasteiger partial charge in [-0.2, -0.15) is 0 Å². The normalized spacial score (nSPS) is 22.8. The van der Waals surface area contributed by atoms with Gasteiger partial charge in [-0.25, -0.2) is 4.79 Å². The van der Waals surface area contributed by atoms with Gasteiger partial charge in [-0.05, 0) is 18.9 Å². The molecule has 2 heterocycles. The number of hydrogen-bond acceptors (Lipinski definition) is 3. The highest BCUT2D eigenvalue weighted by molar-refractivity contribution is 7.99. The summed E-state index contributed by atoms with van der Waals surface area (Å²) in [7, 11) is 0. The zero-order valence-corrected chi connectivity index (χ0v) is 11.7. The quantitative estimate of drug-likeness (QED) is 0.928. The van der Waals surface area contributed by atoms with Crippen LogP contribution in [0.4, 0.5) is 0 Å². The first-order chi connectivity index (χ1) is 9.08. The number of carbonyl (C=O) groups excluding carboxylic acids is 1. The summed E-state index contributed by atoms with van der Waals surface area (Å²) in [5, 5.41) is 9.66. The van der Waals surface area contributed by atoms with Gasteiger partial charge >= 0.3 is 5.97 Å². The van der Waals surface area contributed by atoms with E-state index < -0.39 is 12.0 Å². The van der Waals surface area contributed by atoms with Gasteiger partial charge in [0, 0.05) is 18.0 Å². The number of carboxylic acid groups (broad SMARTS) is 1. The molecular weight excluding hydrogens is 288 g/mol. The van der Waals surface area contributed by atoms with Gasteiger partial charge in [-0.15, -0.1) is 11.8 Å². The van der Waals surface area contributed by atoms with Crippen LogP contribution in [0.15, 0.2) is 12.3 Å². The minimum Gasteiger partial charge on any atom is -0.480 e. The number of aromatic nitrogens is 1. The predicted octanol–water partition coefficient (Wildman–Crippen LogP) is 2.08. The Balaban J connectivity index is 1.89. The van der Waals surface area contributed by atoms with E-state index in [0.29, 0.717) is 28.4 Å². The maximum atomic E-state index is 12.5. The molecular formula is C12H13ClN2O3S. The summed E-state index contributed by atoms with van der Waals surface area (Å²) in [6, 6.07) is 1.23. The lowest BCUT2D eigenvalue weighted by Crippen LogP contribution is -2.42. The van der Waals surface area contributed by atoms with E-state index in [9.17, 15) is 9.59 Å². The van der Waals surface area contributed by atoms with Crippen molar-refractivity contribution in [2.24, 2.45) is 0 Å². The molecule has 1 aromatic rings. The van der Waals surface area contributed by atoms with Gasteiger partial charge in [-0.3, -0.25) is 4.79 Å². The second-order valence-electron chi connectivity index (χ2n) is 4.81. The highest BCUT2D eigenvalue weighted by Gasteiger charge is 2.37. The smallest absolute Gasteiger partial charge is 0.327 e. The zero-order valence-electron chi connectivity index (χ0n) is 10.1. The molecule has 5 nitrogen and oxygen atoms in total. The number of aliphatic carboxylic acids is 1. The Morgan fingerprint density at radius 1 is 1.42 bits per heavy atom. The van der Waals surface area contributed by atoms with Crippen LogP contribution in [0, 0.1) is 0 Å². The van der Waals surface area contributed by atoms with Crippen LogP contribution in [0.5, 0.6) is 0 Å². The van der Waals surface area contributed by atoms with Crippen molar-refractivity contribution in [2.45, 2.75) is 24.9 Å². The van der Waals surface area contributed by atoms with E-state index in [1.807, 2.05) is 4.57 Å². The molecule has 1 aliphatic heterocycles. The molecule has 102 valence electrons. The summed E-state index contributed by atoms with van der Waals surface area (Å²) < 4.78 is 1.88. The predicted molar refractivity (Wildman–Crippen MR) is 72.6 cm³/mol. The molecule has 0 bridgehead atoms. The maximum absolute atomic E-state index is 12.5. The lowest BCUT2D eigenvalue weighted by atomic mass is 10.2. The van der Waals surface area contributed by atoms with E-state index in [4.69, 9.17) is 16.7 Å². The average Bonchev–Trinajstić information content (AvgIpc) is 2.95. The first kappa shape index (κ1) is 12.9. The molecule has 0 aromatic carbocycles. The van der Waals surface area contributed by atoms with Crippen LogP contribution in [0.1, 0.15) is 29.4 Å². The minimum absolute atomic E-state index is 0.240. The van der Waals surface area contributed by atoms with Gasteiger partial charge in [-0.1, -0.05) is 11.6 Å². The second kappa shape index (κ2) is 4.76. The standard InChI is InChI=1S/C12H13ClN2O3S/c13-7-3-9(14(4-7)8-1-2-8)11(16)15-6-19-5-10(15)12(17)18/h3-4,8,10H,1-2,5-6H2,(H,17,18). The summed E-state index contributed by atoms with van der Waals surface area (Å²) in [6.45, 7) is 0. The molecule has 0 radical (unpaired) electrons.